The summed E-state index contributed by atoms with van der Waals surface area (Å²) in [6.07, 6.45) is 2.31. The second-order valence-corrected chi connectivity index (χ2v) is 5.93. The van der Waals surface area contributed by atoms with Crippen molar-refractivity contribution in [2.45, 2.75) is 26.3 Å². The second-order valence-electron chi connectivity index (χ2n) is 4.64. The highest BCUT2D eigenvalue weighted by Gasteiger charge is 2.06. The third kappa shape index (κ3) is 3.47. The first-order chi connectivity index (χ1) is 8.85. The molecule has 0 spiro atoms. The summed E-state index contributed by atoms with van der Waals surface area (Å²) in [6, 6.07) is 8.61. The van der Waals surface area contributed by atoms with E-state index in [9.17, 15) is 0 Å². The molecule has 0 saturated heterocycles. The third-order valence-electron chi connectivity index (χ3n) is 3.40. The Morgan fingerprint density at radius 3 is 2.94 bits per heavy atom. The monoisotopic (exact) mass is 281 g/mol. The normalized spacial score (nSPS) is 13.0. The quantitative estimate of drug-likeness (QED) is 0.729. The Bertz CT molecular complexity index is 480. The molecule has 0 aliphatic carbocycles. The molecule has 1 atom stereocenters. The third-order valence-corrected chi connectivity index (χ3v) is 4.63. The van der Waals surface area contributed by atoms with Gasteiger partial charge in [0.2, 0.25) is 0 Å². The zero-order valence-corrected chi connectivity index (χ0v) is 12.4. The van der Waals surface area contributed by atoms with Crippen LogP contribution in [0.5, 0.6) is 0 Å². The lowest BCUT2D eigenvalue weighted by atomic mass is 10.0. The van der Waals surface area contributed by atoms with E-state index in [2.05, 4.69) is 41.9 Å². The number of fused-ring (bicyclic) bond motifs is 1. The second kappa shape index (κ2) is 7.13. The van der Waals surface area contributed by atoms with Gasteiger partial charge in [-0.1, -0.05) is 31.5 Å². The molecule has 98 valence electrons. The van der Waals surface area contributed by atoms with E-state index in [0.29, 0.717) is 5.92 Å². The van der Waals surface area contributed by atoms with Crippen LogP contribution in [-0.2, 0) is 6.54 Å². The van der Waals surface area contributed by atoms with Crippen LogP contribution in [0.4, 0.5) is 0 Å². The van der Waals surface area contributed by atoms with E-state index in [1.165, 1.54) is 22.1 Å². The maximum absolute atomic E-state index is 5.81. The molecule has 0 aliphatic rings. The van der Waals surface area contributed by atoms with Gasteiger partial charge in [-0.15, -0.1) is 22.9 Å². The van der Waals surface area contributed by atoms with Gasteiger partial charge in [0.25, 0.3) is 0 Å². The van der Waals surface area contributed by atoms with Gasteiger partial charge in [-0.2, -0.15) is 0 Å². The van der Waals surface area contributed by atoms with Gasteiger partial charge >= 0.3 is 0 Å². The van der Waals surface area contributed by atoms with E-state index in [1.54, 1.807) is 0 Å². The fourth-order valence-corrected chi connectivity index (χ4v) is 3.46. The Hall–Kier alpha value is -0.570. The van der Waals surface area contributed by atoms with E-state index in [-0.39, 0.29) is 0 Å². The largest absolute Gasteiger partial charge is 0.312 e. The Morgan fingerprint density at radius 2 is 2.17 bits per heavy atom. The smallest absolute Gasteiger partial charge is 0.0346 e. The Morgan fingerprint density at radius 1 is 1.33 bits per heavy atom. The summed E-state index contributed by atoms with van der Waals surface area (Å²) in [6.45, 7) is 4.26. The van der Waals surface area contributed by atoms with Gasteiger partial charge in [0.15, 0.2) is 0 Å². The van der Waals surface area contributed by atoms with Crippen LogP contribution >= 0.6 is 22.9 Å². The van der Waals surface area contributed by atoms with Crippen molar-refractivity contribution in [1.82, 2.24) is 5.32 Å². The molecule has 0 aliphatic heterocycles. The van der Waals surface area contributed by atoms with Crippen molar-refractivity contribution in [3.8, 4) is 0 Å². The lowest BCUT2D eigenvalue weighted by molar-refractivity contribution is 0.452. The standard InChI is InChI=1S/C15H20ClNS/c1-2-12(7-8-16)9-17-10-13-11-18-15-6-4-3-5-14(13)15/h3-6,11-12,17H,2,7-10H2,1H3. The fourth-order valence-electron chi connectivity index (χ4n) is 2.19. The van der Waals surface area contributed by atoms with Crippen LogP contribution in [0.15, 0.2) is 29.6 Å². The Labute approximate surface area is 118 Å². The first kappa shape index (κ1) is 13.9. The summed E-state index contributed by atoms with van der Waals surface area (Å²) in [4.78, 5) is 0. The van der Waals surface area contributed by atoms with Crippen LogP contribution in [0.3, 0.4) is 0 Å². The topological polar surface area (TPSA) is 12.0 Å². The molecule has 0 bridgehead atoms. The van der Waals surface area contributed by atoms with Crippen molar-refractivity contribution in [1.29, 1.82) is 0 Å². The summed E-state index contributed by atoms with van der Waals surface area (Å²) in [5.41, 5.74) is 1.41. The number of hydrogen-bond acceptors (Lipinski definition) is 2. The van der Waals surface area contributed by atoms with Crippen LogP contribution in [0, 0.1) is 5.92 Å². The molecule has 18 heavy (non-hydrogen) atoms. The molecule has 1 aromatic carbocycles. The predicted molar refractivity (Wildman–Crippen MR) is 82.6 cm³/mol. The Kier molecular flexibility index (Phi) is 5.48. The average molecular weight is 282 g/mol. The van der Waals surface area contributed by atoms with E-state index in [1.807, 2.05) is 11.3 Å². The minimum atomic E-state index is 0.701. The fraction of sp³-hybridized carbons (Fsp3) is 0.467. The maximum Gasteiger partial charge on any atom is 0.0346 e. The van der Waals surface area contributed by atoms with Crippen LogP contribution < -0.4 is 5.32 Å². The van der Waals surface area contributed by atoms with Gasteiger partial charge in [-0.05, 0) is 41.3 Å². The average Bonchev–Trinajstić information content (AvgIpc) is 2.81. The Balaban J connectivity index is 1.90. The summed E-state index contributed by atoms with van der Waals surface area (Å²) >= 11 is 7.63. The van der Waals surface area contributed by atoms with Crippen molar-refractivity contribution in [3.63, 3.8) is 0 Å². The number of thiophene rings is 1. The van der Waals surface area contributed by atoms with Crippen molar-refractivity contribution < 1.29 is 0 Å². The maximum atomic E-state index is 5.81. The first-order valence-corrected chi connectivity index (χ1v) is 7.98. The lowest BCUT2D eigenvalue weighted by Gasteiger charge is -2.13. The number of halogens is 1. The zero-order chi connectivity index (χ0) is 12.8. The van der Waals surface area contributed by atoms with E-state index < -0.39 is 0 Å². The summed E-state index contributed by atoms with van der Waals surface area (Å²) in [7, 11) is 0. The van der Waals surface area contributed by atoms with Crippen LogP contribution in [0.1, 0.15) is 25.3 Å². The molecule has 1 aromatic heterocycles. The highest BCUT2D eigenvalue weighted by Crippen LogP contribution is 2.25. The molecule has 1 nitrogen and oxygen atoms in total. The predicted octanol–water partition coefficient (Wildman–Crippen LogP) is 4.65. The summed E-state index contributed by atoms with van der Waals surface area (Å²) in [5, 5.41) is 7.22. The minimum Gasteiger partial charge on any atom is -0.312 e. The zero-order valence-electron chi connectivity index (χ0n) is 10.8. The van der Waals surface area contributed by atoms with Crippen molar-refractivity contribution >= 4 is 33.0 Å². The summed E-state index contributed by atoms with van der Waals surface area (Å²) in [5.74, 6) is 1.47. The number of benzene rings is 1. The van der Waals surface area contributed by atoms with Gasteiger partial charge in [-0.3, -0.25) is 0 Å². The molecule has 1 unspecified atom stereocenters. The van der Waals surface area contributed by atoms with Gasteiger partial charge < -0.3 is 5.32 Å². The number of rotatable bonds is 7. The number of nitrogens with one attached hydrogen (secondary N) is 1. The van der Waals surface area contributed by atoms with Gasteiger partial charge in [-0.25, -0.2) is 0 Å². The van der Waals surface area contributed by atoms with Gasteiger partial charge in [0.05, 0.1) is 0 Å². The molecule has 1 N–H and O–H groups in total. The van der Waals surface area contributed by atoms with Gasteiger partial charge in [0, 0.05) is 17.1 Å². The van der Waals surface area contributed by atoms with Crippen LogP contribution in [0.2, 0.25) is 0 Å². The first-order valence-electron chi connectivity index (χ1n) is 6.57. The lowest BCUT2D eigenvalue weighted by Crippen LogP contribution is -2.22. The minimum absolute atomic E-state index is 0.701. The molecule has 0 amide bonds. The molecule has 1 heterocycles. The van der Waals surface area contributed by atoms with Crippen LogP contribution in [0.25, 0.3) is 10.1 Å². The van der Waals surface area contributed by atoms with Gasteiger partial charge in [0.1, 0.15) is 0 Å². The van der Waals surface area contributed by atoms with E-state index in [0.717, 1.165) is 25.4 Å². The van der Waals surface area contributed by atoms with Crippen molar-refractivity contribution in [3.05, 3.63) is 35.2 Å². The highest BCUT2D eigenvalue weighted by molar-refractivity contribution is 7.17. The van der Waals surface area contributed by atoms with Crippen molar-refractivity contribution in [2.24, 2.45) is 5.92 Å². The number of hydrogen-bond donors (Lipinski definition) is 1. The molecular formula is C15H20ClNS. The molecule has 3 heteroatoms. The SMILES string of the molecule is CCC(CCCl)CNCc1csc2ccccc12. The van der Waals surface area contributed by atoms with Crippen molar-refractivity contribution in [2.75, 3.05) is 12.4 Å². The molecule has 0 radical (unpaired) electrons. The number of alkyl halides is 1. The molecule has 2 rings (SSSR count). The summed E-state index contributed by atoms with van der Waals surface area (Å²) < 4.78 is 1.38. The van der Waals surface area contributed by atoms with E-state index >= 15 is 0 Å². The van der Waals surface area contributed by atoms with Crippen LogP contribution in [-0.4, -0.2) is 12.4 Å². The highest BCUT2D eigenvalue weighted by atomic mass is 35.5. The molecular weight excluding hydrogens is 262 g/mol. The van der Waals surface area contributed by atoms with E-state index in [4.69, 9.17) is 11.6 Å². The molecule has 2 aromatic rings. The molecule has 0 saturated carbocycles. The molecule has 0 fully saturated rings.